The third-order valence-electron chi connectivity index (χ3n) is 2.29. The molecule has 0 aliphatic heterocycles. The second-order valence-electron chi connectivity index (χ2n) is 3.37. The van der Waals surface area contributed by atoms with E-state index in [2.05, 4.69) is 38.7 Å². The molecule has 0 aliphatic carbocycles. The lowest BCUT2D eigenvalue weighted by Gasteiger charge is -2.26. The number of rotatable bonds is 5. The summed E-state index contributed by atoms with van der Waals surface area (Å²) in [6.07, 6.45) is 3.23. The number of nitrogens with one attached hydrogen (secondary N) is 1. The van der Waals surface area contributed by atoms with Gasteiger partial charge in [-0.3, -0.25) is 0 Å². The lowest BCUT2D eigenvalue weighted by molar-refractivity contribution is 0.335. The van der Waals surface area contributed by atoms with E-state index in [1.165, 1.54) is 6.42 Å². The summed E-state index contributed by atoms with van der Waals surface area (Å²) in [4.78, 5) is 0. The maximum Gasteiger partial charge on any atom is 0.0150 e. The van der Waals surface area contributed by atoms with Crippen molar-refractivity contribution in [3.8, 4) is 0 Å². The Labute approximate surface area is 70.9 Å². The first-order valence-electron chi connectivity index (χ1n) is 4.47. The normalized spacial score (nSPS) is 16.5. The Morgan fingerprint density at radius 1 is 1.45 bits per heavy atom. The maximum absolute atomic E-state index is 3.84. The number of hydrogen-bond donors (Lipinski definition) is 1. The smallest absolute Gasteiger partial charge is 0.0150 e. The Bertz CT molecular complexity index is 107. The van der Waals surface area contributed by atoms with E-state index in [-0.39, 0.29) is 0 Å². The van der Waals surface area contributed by atoms with Crippen LogP contribution < -0.4 is 5.32 Å². The van der Waals surface area contributed by atoms with Gasteiger partial charge in [-0.1, -0.05) is 26.8 Å². The minimum absolute atomic E-state index is 0.581. The Morgan fingerprint density at radius 3 is 2.09 bits per heavy atom. The molecular formula is C10H21N. The molecule has 1 N–H and O–H groups in total. The fraction of sp³-hybridized carbons (Fsp3) is 0.800. The Kier molecular flexibility index (Phi) is 5.22. The largest absolute Gasteiger partial charge is 0.316 e. The quantitative estimate of drug-likeness (QED) is 0.601. The van der Waals surface area contributed by atoms with Gasteiger partial charge in [-0.25, -0.2) is 0 Å². The zero-order chi connectivity index (χ0) is 8.85. The molecular weight excluding hydrogens is 134 g/mol. The van der Waals surface area contributed by atoms with Crippen LogP contribution in [0.1, 0.15) is 27.2 Å². The van der Waals surface area contributed by atoms with Gasteiger partial charge < -0.3 is 5.32 Å². The summed E-state index contributed by atoms with van der Waals surface area (Å²) in [5, 5.41) is 3.33. The fourth-order valence-corrected chi connectivity index (χ4v) is 1.61. The van der Waals surface area contributed by atoms with Crippen LogP contribution in [0.4, 0.5) is 0 Å². The monoisotopic (exact) mass is 155 g/mol. The molecule has 0 heterocycles. The molecule has 0 spiro atoms. The van der Waals surface area contributed by atoms with Crippen molar-refractivity contribution in [1.82, 2.24) is 5.32 Å². The molecule has 2 unspecified atom stereocenters. The molecule has 0 bridgehead atoms. The van der Waals surface area contributed by atoms with E-state index in [0.29, 0.717) is 17.9 Å². The first-order valence-corrected chi connectivity index (χ1v) is 4.47. The van der Waals surface area contributed by atoms with Crippen LogP contribution in [0.25, 0.3) is 0 Å². The van der Waals surface area contributed by atoms with Crippen molar-refractivity contribution in [2.75, 3.05) is 7.05 Å². The van der Waals surface area contributed by atoms with Crippen molar-refractivity contribution in [2.24, 2.45) is 11.8 Å². The SMILES string of the molecule is C=CC(CC)C(NC)C(C)C. The first-order chi connectivity index (χ1) is 5.17. The average molecular weight is 155 g/mol. The molecule has 0 saturated carbocycles. The highest BCUT2D eigenvalue weighted by Gasteiger charge is 2.17. The molecule has 2 atom stereocenters. The van der Waals surface area contributed by atoms with Crippen LogP contribution in [-0.2, 0) is 0 Å². The molecule has 0 amide bonds. The van der Waals surface area contributed by atoms with Gasteiger partial charge in [0, 0.05) is 6.04 Å². The predicted octanol–water partition coefficient (Wildman–Crippen LogP) is 2.44. The molecule has 0 aromatic rings. The summed E-state index contributed by atoms with van der Waals surface area (Å²) in [6.45, 7) is 10.5. The van der Waals surface area contributed by atoms with Crippen molar-refractivity contribution in [2.45, 2.75) is 33.2 Å². The van der Waals surface area contributed by atoms with E-state index in [4.69, 9.17) is 0 Å². The highest BCUT2D eigenvalue weighted by atomic mass is 14.9. The highest BCUT2D eigenvalue weighted by Crippen LogP contribution is 2.16. The van der Waals surface area contributed by atoms with Gasteiger partial charge in [0.05, 0.1) is 0 Å². The molecule has 1 heteroatoms. The van der Waals surface area contributed by atoms with E-state index in [1.54, 1.807) is 0 Å². The second kappa shape index (κ2) is 5.36. The fourth-order valence-electron chi connectivity index (χ4n) is 1.61. The summed E-state index contributed by atoms with van der Waals surface area (Å²) in [7, 11) is 2.02. The summed E-state index contributed by atoms with van der Waals surface area (Å²) in [6, 6.07) is 0.581. The van der Waals surface area contributed by atoms with Crippen LogP contribution in [0, 0.1) is 11.8 Å². The molecule has 0 fully saturated rings. The standard InChI is InChI=1S/C10H21N/c1-6-9(7-2)10(11-5)8(3)4/h6,8-11H,1,7H2,2-5H3. The summed E-state index contributed by atoms with van der Waals surface area (Å²) in [5.74, 6) is 1.29. The van der Waals surface area contributed by atoms with E-state index in [0.717, 1.165) is 0 Å². The molecule has 0 rings (SSSR count). The number of hydrogen-bond acceptors (Lipinski definition) is 1. The Balaban J connectivity index is 4.08. The molecule has 0 aromatic carbocycles. The van der Waals surface area contributed by atoms with Crippen LogP contribution in [0.2, 0.25) is 0 Å². The zero-order valence-corrected chi connectivity index (χ0v) is 8.22. The van der Waals surface area contributed by atoms with Gasteiger partial charge in [0.15, 0.2) is 0 Å². The van der Waals surface area contributed by atoms with Gasteiger partial charge >= 0.3 is 0 Å². The molecule has 1 nitrogen and oxygen atoms in total. The minimum Gasteiger partial charge on any atom is -0.316 e. The van der Waals surface area contributed by atoms with Crippen molar-refractivity contribution in [1.29, 1.82) is 0 Å². The van der Waals surface area contributed by atoms with Crippen molar-refractivity contribution in [3.63, 3.8) is 0 Å². The van der Waals surface area contributed by atoms with E-state index >= 15 is 0 Å². The molecule has 0 aliphatic rings. The molecule has 0 aromatic heterocycles. The zero-order valence-electron chi connectivity index (χ0n) is 8.22. The maximum atomic E-state index is 3.84. The summed E-state index contributed by atoms with van der Waals surface area (Å²) < 4.78 is 0. The van der Waals surface area contributed by atoms with Crippen LogP contribution in [-0.4, -0.2) is 13.1 Å². The van der Waals surface area contributed by atoms with Crippen LogP contribution in [0.3, 0.4) is 0 Å². The van der Waals surface area contributed by atoms with Gasteiger partial charge in [-0.05, 0) is 25.3 Å². The third kappa shape index (κ3) is 3.06. The predicted molar refractivity (Wildman–Crippen MR) is 51.7 cm³/mol. The van der Waals surface area contributed by atoms with Gasteiger partial charge in [0.1, 0.15) is 0 Å². The van der Waals surface area contributed by atoms with E-state index in [1.807, 2.05) is 7.05 Å². The minimum atomic E-state index is 0.581. The highest BCUT2D eigenvalue weighted by molar-refractivity contribution is 4.88. The van der Waals surface area contributed by atoms with Crippen molar-refractivity contribution in [3.05, 3.63) is 12.7 Å². The molecule has 66 valence electrons. The van der Waals surface area contributed by atoms with Gasteiger partial charge in [-0.2, -0.15) is 0 Å². The van der Waals surface area contributed by atoms with E-state index in [9.17, 15) is 0 Å². The average Bonchev–Trinajstić information content (AvgIpc) is 1.99. The molecule has 0 radical (unpaired) electrons. The third-order valence-corrected chi connectivity index (χ3v) is 2.29. The van der Waals surface area contributed by atoms with Crippen molar-refractivity contribution >= 4 is 0 Å². The summed E-state index contributed by atoms with van der Waals surface area (Å²) in [5.41, 5.74) is 0. The van der Waals surface area contributed by atoms with Crippen molar-refractivity contribution < 1.29 is 0 Å². The van der Waals surface area contributed by atoms with Crippen LogP contribution in [0.15, 0.2) is 12.7 Å². The molecule has 0 saturated heterocycles. The Morgan fingerprint density at radius 2 is 2.00 bits per heavy atom. The second-order valence-corrected chi connectivity index (χ2v) is 3.37. The van der Waals surface area contributed by atoms with Gasteiger partial charge in [0.25, 0.3) is 0 Å². The van der Waals surface area contributed by atoms with Gasteiger partial charge in [-0.15, -0.1) is 6.58 Å². The van der Waals surface area contributed by atoms with E-state index < -0.39 is 0 Å². The van der Waals surface area contributed by atoms with Crippen LogP contribution >= 0.6 is 0 Å². The van der Waals surface area contributed by atoms with Crippen LogP contribution in [0.5, 0.6) is 0 Å². The summed E-state index contributed by atoms with van der Waals surface area (Å²) >= 11 is 0. The van der Waals surface area contributed by atoms with Gasteiger partial charge in [0.2, 0.25) is 0 Å². The Hall–Kier alpha value is -0.300. The lowest BCUT2D eigenvalue weighted by Crippen LogP contribution is -2.36. The first kappa shape index (κ1) is 10.7. The lowest BCUT2D eigenvalue weighted by atomic mass is 9.89. The topological polar surface area (TPSA) is 12.0 Å². The molecule has 11 heavy (non-hydrogen) atoms.